The van der Waals surface area contributed by atoms with Crippen molar-refractivity contribution < 1.29 is 4.39 Å². The molecule has 1 N–H and O–H groups in total. The summed E-state index contributed by atoms with van der Waals surface area (Å²) in [5.74, 6) is -0.326. The van der Waals surface area contributed by atoms with Gasteiger partial charge in [0.1, 0.15) is 5.82 Å². The predicted molar refractivity (Wildman–Crippen MR) is 67.5 cm³/mol. The van der Waals surface area contributed by atoms with Crippen LogP contribution in [-0.4, -0.2) is 20.8 Å². The van der Waals surface area contributed by atoms with Gasteiger partial charge in [-0.05, 0) is 26.0 Å². The van der Waals surface area contributed by atoms with E-state index < -0.39 is 0 Å². The van der Waals surface area contributed by atoms with Crippen molar-refractivity contribution in [3.8, 4) is 0 Å². The number of rotatable bonds is 4. The lowest BCUT2D eigenvalue weighted by molar-refractivity contribution is 0.517. The fraction of sp³-hybridized carbons (Fsp3) is 0.385. The van der Waals surface area contributed by atoms with Crippen molar-refractivity contribution in [1.29, 1.82) is 0 Å². The molecule has 2 heterocycles. The van der Waals surface area contributed by atoms with Crippen molar-refractivity contribution in [3.63, 3.8) is 0 Å². The second-order valence-electron chi connectivity index (χ2n) is 4.60. The molecule has 2 rings (SSSR count). The van der Waals surface area contributed by atoms with E-state index in [1.165, 1.54) is 12.3 Å². The standard InChI is InChI=1S/C13H17FN4/c1-9(2)17-13(10-6-16-18(3)8-10)12-5-4-11(14)7-15-12/h4-9,13,17H,1-3H3. The van der Waals surface area contributed by atoms with Crippen LogP contribution in [0.3, 0.4) is 0 Å². The molecular weight excluding hydrogens is 231 g/mol. The SMILES string of the molecule is CC(C)NC(c1cnn(C)c1)c1ccc(F)cn1. The number of pyridine rings is 1. The molecule has 0 aliphatic carbocycles. The van der Waals surface area contributed by atoms with Gasteiger partial charge in [0.25, 0.3) is 0 Å². The van der Waals surface area contributed by atoms with Crippen molar-refractivity contribution in [2.24, 2.45) is 7.05 Å². The first-order valence-electron chi connectivity index (χ1n) is 5.92. The zero-order valence-corrected chi connectivity index (χ0v) is 10.8. The minimum absolute atomic E-state index is 0.0701. The van der Waals surface area contributed by atoms with E-state index in [4.69, 9.17) is 0 Å². The fourth-order valence-electron chi connectivity index (χ4n) is 1.83. The largest absolute Gasteiger partial charge is 0.303 e. The molecule has 5 heteroatoms. The van der Waals surface area contributed by atoms with Crippen LogP contribution in [0.15, 0.2) is 30.7 Å². The highest BCUT2D eigenvalue weighted by molar-refractivity contribution is 5.24. The summed E-state index contributed by atoms with van der Waals surface area (Å²) in [6, 6.07) is 3.34. The summed E-state index contributed by atoms with van der Waals surface area (Å²) < 4.78 is 14.7. The maximum Gasteiger partial charge on any atom is 0.141 e. The van der Waals surface area contributed by atoms with E-state index in [9.17, 15) is 4.39 Å². The smallest absolute Gasteiger partial charge is 0.141 e. The second-order valence-corrected chi connectivity index (χ2v) is 4.60. The molecule has 18 heavy (non-hydrogen) atoms. The number of hydrogen-bond acceptors (Lipinski definition) is 3. The van der Waals surface area contributed by atoms with Gasteiger partial charge < -0.3 is 5.32 Å². The van der Waals surface area contributed by atoms with Gasteiger partial charge in [-0.2, -0.15) is 5.10 Å². The summed E-state index contributed by atoms with van der Waals surface area (Å²) in [4.78, 5) is 4.14. The Morgan fingerprint density at radius 1 is 1.28 bits per heavy atom. The minimum atomic E-state index is -0.326. The topological polar surface area (TPSA) is 42.7 Å². The molecule has 0 saturated carbocycles. The molecule has 0 bridgehead atoms. The summed E-state index contributed by atoms with van der Waals surface area (Å²) in [6.45, 7) is 4.12. The van der Waals surface area contributed by atoms with Crippen LogP contribution in [0.2, 0.25) is 0 Å². The van der Waals surface area contributed by atoms with Crippen LogP contribution in [0.1, 0.15) is 31.1 Å². The van der Waals surface area contributed by atoms with Gasteiger partial charge in [-0.3, -0.25) is 9.67 Å². The third-order valence-corrected chi connectivity index (χ3v) is 2.60. The lowest BCUT2D eigenvalue weighted by Gasteiger charge is -2.19. The Morgan fingerprint density at radius 2 is 2.06 bits per heavy atom. The van der Waals surface area contributed by atoms with Crippen molar-refractivity contribution in [2.75, 3.05) is 0 Å². The van der Waals surface area contributed by atoms with Crippen LogP contribution in [-0.2, 0) is 7.05 Å². The average Bonchev–Trinajstić information content (AvgIpc) is 2.74. The first-order valence-corrected chi connectivity index (χ1v) is 5.92. The summed E-state index contributed by atoms with van der Waals surface area (Å²) in [5.41, 5.74) is 1.81. The van der Waals surface area contributed by atoms with E-state index in [0.717, 1.165) is 11.3 Å². The molecular formula is C13H17FN4. The molecule has 0 saturated heterocycles. The van der Waals surface area contributed by atoms with Crippen molar-refractivity contribution in [3.05, 3.63) is 47.8 Å². The average molecular weight is 248 g/mol. The molecule has 0 spiro atoms. The Kier molecular flexibility index (Phi) is 3.72. The third-order valence-electron chi connectivity index (χ3n) is 2.60. The van der Waals surface area contributed by atoms with Gasteiger partial charge in [0.05, 0.1) is 24.1 Å². The fourth-order valence-corrected chi connectivity index (χ4v) is 1.83. The molecule has 0 amide bonds. The lowest BCUT2D eigenvalue weighted by atomic mass is 10.1. The van der Waals surface area contributed by atoms with E-state index in [1.807, 2.05) is 13.2 Å². The summed E-state index contributed by atoms with van der Waals surface area (Å²) >= 11 is 0. The molecule has 0 aromatic carbocycles. The normalized spacial score (nSPS) is 12.9. The Morgan fingerprint density at radius 3 is 2.56 bits per heavy atom. The van der Waals surface area contributed by atoms with Crippen LogP contribution < -0.4 is 5.32 Å². The molecule has 1 unspecified atom stereocenters. The molecule has 4 nitrogen and oxygen atoms in total. The van der Waals surface area contributed by atoms with Crippen molar-refractivity contribution in [2.45, 2.75) is 25.9 Å². The Labute approximate surface area is 106 Å². The van der Waals surface area contributed by atoms with E-state index in [-0.39, 0.29) is 11.9 Å². The first-order chi connectivity index (χ1) is 8.56. The molecule has 0 aliphatic heterocycles. The molecule has 96 valence electrons. The van der Waals surface area contributed by atoms with E-state index >= 15 is 0 Å². The highest BCUT2D eigenvalue weighted by Gasteiger charge is 2.17. The number of halogens is 1. The minimum Gasteiger partial charge on any atom is -0.303 e. The van der Waals surface area contributed by atoms with Crippen molar-refractivity contribution in [1.82, 2.24) is 20.1 Å². The quantitative estimate of drug-likeness (QED) is 0.900. The molecule has 0 aliphatic rings. The maximum atomic E-state index is 12.9. The van der Waals surface area contributed by atoms with Gasteiger partial charge in [0, 0.05) is 24.8 Å². The predicted octanol–water partition coefficient (Wildman–Crippen LogP) is 2.04. The van der Waals surface area contributed by atoms with Crippen LogP contribution in [0, 0.1) is 5.82 Å². The van der Waals surface area contributed by atoms with E-state index in [1.54, 1.807) is 16.9 Å². The number of aromatic nitrogens is 3. The highest BCUT2D eigenvalue weighted by atomic mass is 19.1. The number of nitrogens with one attached hydrogen (secondary N) is 1. The second kappa shape index (κ2) is 5.27. The molecule has 1 atom stereocenters. The van der Waals surface area contributed by atoms with Crippen LogP contribution in [0.4, 0.5) is 4.39 Å². The van der Waals surface area contributed by atoms with Gasteiger partial charge in [0.2, 0.25) is 0 Å². The maximum absolute atomic E-state index is 12.9. The first kappa shape index (κ1) is 12.7. The van der Waals surface area contributed by atoms with Crippen LogP contribution in [0.25, 0.3) is 0 Å². The summed E-state index contributed by atoms with van der Waals surface area (Å²) in [6.07, 6.45) is 4.97. The molecule has 0 radical (unpaired) electrons. The number of nitrogens with zero attached hydrogens (tertiary/aromatic N) is 3. The number of aryl methyl sites for hydroxylation is 1. The van der Waals surface area contributed by atoms with E-state index in [0.29, 0.717) is 6.04 Å². The monoisotopic (exact) mass is 248 g/mol. The Bertz CT molecular complexity index is 504. The molecule has 0 fully saturated rings. The third kappa shape index (κ3) is 2.92. The van der Waals surface area contributed by atoms with Crippen LogP contribution in [0.5, 0.6) is 0 Å². The van der Waals surface area contributed by atoms with Gasteiger partial charge >= 0.3 is 0 Å². The van der Waals surface area contributed by atoms with Gasteiger partial charge in [-0.25, -0.2) is 4.39 Å². The van der Waals surface area contributed by atoms with Gasteiger partial charge in [0.15, 0.2) is 0 Å². The summed E-state index contributed by atoms with van der Waals surface area (Å²) in [7, 11) is 1.87. The van der Waals surface area contributed by atoms with Crippen LogP contribution >= 0.6 is 0 Å². The van der Waals surface area contributed by atoms with Gasteiger partial charge in [-0.15, -0.1) is 0 Å². The van der Waals surface area contributed by atoms with Crippen molar-refractivity contribution >= 4 is 0 Å². The highest BCUT2D eigenvalue weighted by Crippen LogP contribution is 2.20. The van der Waals surface area contributed by atoms with Gasteiger partial charge in [-0.1, -0.05) is 0 Å². The molecule has 2 aromatic heterocycles. The Hall–Kier alpha value is -1.75. The zero-order chi connectivity index (χ0) is 13.1. The Balaban J connectivity index is 2.33. The number of hydrogen-bond donors (Lipinski definition) is 1. The zero-order valence-electron chi connectivity index (χ0n) is 10.8. The lowest BCUT2D eigenvalue weighted by Crippen LogP contribution is -2.29. The van der Waals surface area contributed by atoms with E-state index in [2.05, 4.69) is 29.2 Å². The molecule has 2 aromatic rings. The summed E-state index contributed by atoms with van der Waals surface area (Å²) in [5, 5.41) is 7.57.